The van der Waals surface area contributed by atoms with E-state index in [0.29, 0.717) is 34.0 Å². The zero-order chi connectivity index (χ0) is 18.8. The van der Waals surface area contributed by atoms with Crippen LogP contribution in [0, 0.1) is 0 Å². The minimum absolute atomic E-state index is 0.243. The lowest BCUT2D eigenvalue weighted by Crippen LogP contribution is -2.26. The first-order valence-corrected chi connectivity index (χ1v) is 8.26. The van der Waals surface area contributed by atoms with Crippen molar-refractivity contribution in [3.63, 3.8) is 0 Å². The second-order valence-corrected chi connectivity index (χ2v) is 6.19. The fourth-order valence-electron chi connectivity index (χ4n) is 2.86. The van der Waals surface area contributed by atoms with Crippen LogP contribution in [0.1, 0.15) is 25.3 Å². The van der Waals surface area contributed by atoms with Gasteiger partial charge in [-0.15, -0.1) is 0 Å². The number of fused-ring (bicyclic) bond motifs is 1. The van der Waals surface area contributed by atoms with Gasteiger partial charge in [-0.3, -0.25) is 10.2 Å². The molecule has 1 heterocycles. The molecule has 2 aromatic carbocycles. The van der Waals surface area contributed by atoms with E-state index in [-0.39, 0.29) is 11.5 Å². The lowest BCUT2D eigenvalue weighted by atomic mass is 10.0. The van der Waals surface area contributed by atoms with Crippen LogP contribution in [0.3, 0.4) is 0 Å². The molecule has 0 saturated heterocycles. The third-order valence-corrected chi connectivity index (χ3v) is 4.32. The highest BCUT2D eigenvalue weighted by Gasteiger charge is 2.16. The highest BCUT2D eigenvalue weighted by atomic mass is 16.5. The Bertz CT molecular complexity index is 994. The van der Waals surface area contributed by atoms with Crippen LogP contribution in [0.25, 0.3) is 16.6 Å². The molecule has 0 bridgehead atoms. The van der Waals surface area contributed by atoms with Gasteiger partial charge in [0.2, 0.25) is 5.95 Å². The van der Waals surface area contributed by atoms with Gasteiger partial charge >= 0.3 is 0 Å². The Labute approximate surface area is 151 Å². The van der Waals surface area contributed by atoms with Crippen LogP contribution in [0.15, 0.2) is 41.2 Å². The van der Waals surface area contributed by atoms with Gasteiger partial charge in [-0.2, -0.15) is 0 Å². The van der Waals surface area contributed by atoms with Crippen LogP contribution >= 0.6 is 0 Å². The van der Waals surface area contributed by atoms with Gasteiger partial charge in [-0.1, -0.05) is 26.0 Å². The van der Waals surface area contributed by atoms with Gasteiger partial charge in [0.25, 0.3) is 5.56 Å². The topological polar surface area (TPSA) is 91.4 Å². The van der Waals surface area contributed by atoms with Gasteiger partial charge in [0.1, 0.15) is 0 Å². The monoisotopic (exact) mass is 354 g/mol. The molecule has 0 aliphatic rings. The summed E-state index contributed by atoms with van der Waals surface area (Å²) in [6.07, 6.45) is 0. The average Bonchev–Trinajstić information content (AvgIpc) is 2.66. The molecular formula is C19H22N4O3. The largest absolute Gasteiger partial charge is 0.493 e. The Morgan fingerprint density at radius 2 is 1.69 bits per heavy atom. The van der Waals surface area contributed by atoms with Gasteiger partial charge in [-0.25, -0.2) is 15.4 Å². The number of anilines is 1. The molecule has 0 amide bonds. The fraction of sp³-hybridized carbons (Fsp3) is 0.263. The van der Waals surface area contributed by atoms with Crippen molar-refractivity contribution in [3.05, 3.63) is 52.3 Å². The van der Waals surface area contributed by atoms with Crippen molar-refractivity contribution in [2.75, 3.05) is 19.6 Å². The first-order valence-electron chi connectivity index (χ1n) is 8.26. The molecule has 7 heteroatoms. The van der Waals surface area contributed by atoms with Gasteiger partial charge in [0.05, 0.1) is 30.8 Å². The van der Waals surface area contributed by atoms with Crippen LogP contribution in [0.5, 0.6) is 11.5 Å². The summed E-state index contributed by atoms with van der Waals surface area (Å²) in [6, 6.07) is 11.0. The number of hydrogen-bond donors (Lipinski definition) is 2. The summed E-state index contributed by atoms with van der Waals surface area (Å²) in [4.78, 5) is 17.6. The summed E-state index contributed by atoms with van der Waals surface area (Å²) in [5.41, 5.74) is 4.59. The molecule has 3 rings (SSSR count). The number of nitrogen functional groups attached to an aromatic ring is 1. The van der Waals surface area contributed by atoms with E-state index in [0.717, 1.165) is 0 Å². The smallest absolute Gasteiger partial charge is 0.267 e. The van der Waals surface area contributed by atoms with E-state index in [4.69, 9.17) is 15.3 Å². The highest BCUT2D eigenvalue weighted by Crippen LogP contribution is 2.31. The third-order valence-electron chi connectivity index (χ3n) is 4.32. The molecule has 0 saturated carbocycles. The first-order chi connectivity index (χ1) is 12.5. The lowest BCUT2D eigenvalue weighted by Gasteiger charge is -2.15. The number of benzene rings is 2. The van der Waals surface area contributed by atoms with Crippen molar-refractivity contribution in [2.45, 2.75) is 19.8 Å². The Hall–Kier alpha value is -3.06. The SMILES string of the molecule is COc1cc2nc(NN)n(-c3ccc(C(C)C)cc3)c(=O)c2cc1OC. The molecule has 3 aromatic rings. The van der Waals surface area contributed by atoms with Crippen LogP contribution in [0.4, 0.5) is 5.95 Å². The molecule has 0 atom stereocenters. The van der Waals surface area contributed by atoms with E-state index in [1.54, 1.807) is 12.1 Å². The summed E-state index contributed by atoms with van der Waals surface area (Å²) < 4.78 is 12.0. The van der Waals surface area contributed by atoms with Gasteiger partial charge in [0, 0.05) is 6.07 Å². The number of nitrogens with two attached hydrogens (primary N) is 1. The minimum atomic E-state index is -0.249. The van der Waals surface area contributed by atoms with Crippen molar-refractivity contribution in [3.8, 4) is 17.2 Å². The standard InChI is InChI=1S/C19H22N4O3/c1-11(2)12-5-7-13(8-6-12)23-18(24)14-9-16(25-3)17(26-4)10-15(14)21-19(23)22-20/h5-11H,20H2,1-4H3,(H,21,22). The van der Waals surface area contributed by atoms with Gasteiger partial charge in [-0.05, 0) is 29.7 Å². The van der Waals surface area contributed by atoms with Crippen molar-refractivity contribution in [1.29, 1.82) is 0 Å². The van der Waals surface area contributed by atoms with Crippen molar-refractivity contribution in [2.24, 2.45) is 5.84 Å². The molecule has 26 heavy (non-hydrogen) atoms. The third kappa shape index (κ3) is 2.97. The number of nitrogens with zero attached hydrogens (tertiary/aromatic N) is 2. The van der Waals surface area contributed by atoms with Crippen LogP contribution in [-0.2, 0) is 0 Å². The van der Waals surface area contributed by atoms with Crippen LogP contribution in [-0.4, -0.2) is 23.8 Å². The zero-order valence-electron chi connectivity index (χ0n) is 15.2. The molecular weight excluding hydrogens is 332 g/mol. The van der Waals surface area contributed by atoms with E-state index in [1.807, 2.05) is 24.3 Å². The molecule has 0 spiro atoms. The molecule has 1 aromatic heterocycles. The predicted molar refractivity (Wildman–Crippen MR) is 102 cm³/mol. The summed E-state index contributed by atoms with van der Waals surface area (Å²) in [5, 5.41) is 0.412. The molecule has 0 unspecified atom stereocenters. The molecule has 0 aliphatic carbocycles. The summed E-state index contributed by atoms with van der Waals surface area (Å²) in [7, 11) is 3.05. The number of methoxy groups -OCH3 is 2. The zero-order valence-corrected chi connectivity index (χ0v) is 15.2. The van der Waals surface area contributed by atoms with E-state index >= 15 is 0 Å². The molecule has 136 valence electrons. The van der Waals surface area contributed by atoms with Gasteiger partial charge in [0.15, 0.2) is 11.5 Å². The average molecular weight is 354 g/mol. The first kappa shape index (κ1) is 17.8. The number of ether oxygens (including phenoxy) is 2. The maximum atomic E-state index is 13.1. The Morgan fingerprint density at radius 3 is 2.23 bits per heavy atom. The van der Waals surface area contributed by atoms with Crippen molar-refractivity contribution < 1.29 is 9.47 Å². The maximum Gasteiger partial charge on any atom is 0.267 e. The second kappa shape index (κ2) is 7.05. The summed E-state index contributed by atoms with van der Waals surface area (Å²) >= 11 is 0. The quantitative estimate of drug-likeness (QED) is 0.541. The van der Waals surface area contributed by atoms with Gasteiger partial charge < -0.3 is 9.47 Å². The number of hydrazine groups is 1. The van der Waals surface area contributed by atoms with E-state index < -0.39 is 0 Å². The van der Waals surface area contributed by atoms with Crippen LogP contribution in [0.2, 0.25) is 0 Å². The van der Waals surface area contributed by atoms with E-state index in [2.05, 4.69) is 24.3 Å². The van der Waals surface area contributed by atoms with Crippen molar-refractivity contribution >= 4 is 16.9 Å². The number of hydrogen-bond acceptors (Lipinski definition) is 6. The lowest BCUT2D eigenvalue weighted by molar-refractivity contribution is 0.355. The second-order valence-electron chi connectivity index (χ2n) is 6.19. The molecule has 7 nitrogen and oxygen atoms in total. The number of rotatable bonds is 5. The normalized spacial score (nSPS) is 11.0. The highest BCUT2D eigenvalue weighted by molar-refractivity contribution is 5.83. The fourth-order valence-corrected chi connectivity index (χ4v) is 2.86. The Morgan fingerprint density at radius 1 is 1.08 bits per heavy atom. The minimum Gasteiger partial charge on any atom is -0.493 e. The Kier molecular flexibility index (Phi) is 4.81. The molecule has 3 N–H and O–H groups in total. The number of nitrogens with one attached hydrogen (secondary N) is 1. The molecule has 0 radical (unpaired) electrons. The number of aromatic nitrogens is 2. The maximum absolute atomic E-state index is 13.1. The molecule has 0 fully saturated rings. The van der Waals surface area contributed by atoms with E-state index in [1.165, 1.54) is 24.4 Å². The summed E-state index contributed by atoms with van der Waals surface area (Å²) in [5.74, 6) is 7.23. The van der Waals surface area contributed by atoms with Crippen molar-refractivity contribution in [1.82, 2.24) is 9.55 Å². The Balaban J connectivity index is 2.27. The molecule has 0 aliphatic heterocycles. The van der Waals surface area contributed by atoms with Crippen LogP contribution < -0.4 is 26.3 Å². The predicted octanol–water partition coefficient (Wildman–Crippen LogP) is 2.81. The van der Waals surface area contributed by atoms with E-state index in [9.17, 15) is 4.79 Å². The summed E-state index contributed by atoms with van der Waals surface area (Å²) in [6.45, 7) is 4.23.